The van der Waals surface area contributed by atoms with Crippen molar-refractivity contribution in [1.29, 1.82) is 0 Å². The zero-order chi connectivity index (χ0) is 19.4. The number of halogens is 2. The molecule has 0 fully saturated rings. The minimum atomic E-state index is -1.00. The van der Waals surface area contributed by atoms with Crippen molar-refractivity contribution >= 4 is 52.2 Å². The fourth-order valence-corrected chi connectivity index (χ4v) is 3.53. The van der Waals surface area contributed by atoms with Crippen LogP contribution in [0.3, 0.4) is 0 Å². The van der Waals surface area contributed by atoms with Crippen LogP contribution in [0.5, 0.6) is 0 Å². The summed E-state index contributed by atoms with van der Waals surface area (Å²) < 4.78 is 5.17. The highest BCUT2D eigenvalue weighted by Crippen LogP contribution is 2.26. The van der Waals surface area contributed by atoms with Crippen LogP contribution in [-0.2, 0) is 9.53 Å². The van der Waals surface area contributed by atoms with E-state index in [0.29, 0.717) is 20.5 Å². The Kier molecular flexibility index (Phi) is 6.81. The van der Waals surface area contributed by atoms with Crippen molar-refractivity contribution in [3.63, 3.8) is 0 Å². The number of esters is 1. The van der Waals surface area contributed by atoms with E-state index >= 15 is 0 Å². The average molecular weight is 414 g/mol. The lowest BCUT2D eigenvalue weighted by atomic mass is 10.1. The van der Waals surface area contributed by atoms with Crippen LogP contribution in [0.25, 0.3) is 0 Å². The first-order chi connectivity index (χ1) is 12.2. The van der Waals surface area contributed by atoms with E-state index in [-0.39, 0.29) is 16.7 Å². The van der Waals surface area contributed by atoms with E-state index in [4.69, 9.17) is 27.9 Å². The summed E-state index contributed by atoms with van der Waals surface area (Å²) in [7, 11) is 0. The Labute approximate surface area is 165 Å². The fourth-order valence-electron chi connectivity index (χ4n) is 2.17. The molecule has 0 spiro atoms. The van der Waals surface area contributed by atoms with Crippen LogP contribution in [0.1, 0.15) is 51.7 Å². The van der Waals surface area contributed by atoms with Gasteiger partial charge in [0.1, 0.15) is 4.88 Å². The molecular formula is C18H17Cl2NO4S. The van der Waals surface area contributed by atoms with E-state index in [2.05, 4.69) is 5.32 Å². The van der Waals surface area contributed by atoms with Gasteiger partial charge in [-0.25, -0.2) is 4.79 Å². The van der Waals surface area contributed by atoms with Crippen LogP contribution in [-0.4, -0.2) is 23.8 Å². The molecule has 2 atom stereocenters. The maximum atomic E-state index is 12.3. The van der Waals surface area contributed by atoms with E-state index in [0.717, 1.165) is 11.3 Å². The number of nitrogens with one attached hydrogen (secondary N) is 1. The second kappa shape index (κ2) is 8.66. The predicted molar refractivity (Wildman–Crippen MR) is 102 cm³/mol. The molecular weight excluding hydrogens is 397 g/mol. The molecule has 1 heterocycles. The van der Waals surface area contributed by atoms with Crippen molar-refractivity contribution in [3.8, 4) is 0 Å². The first-order valence-electron chi connectivity index (χ1n) is 7.76. The molecule has 1 aromatic heterocycles. The Hall–Kier alpha value is -1.89. The third kappa shape index (κ3) is 5.06. The number of thiophene rings is 1. The Morgan fingerprint density at radius 2 is 1.73 bits per heavy atom. The highest BCUT2D eigenvalue weighted by molar-refractivity contribution is 7.15. The minimum Gasteiger partial charge on any atom is -0.448 e. The number of hydrogen-bond acceptors (Lipinski definition) is 5. The summed E-state index contributed by atoms with van der Waals surface area (Å²) in [6.45, 7) is 4.66. The summed E-state index contributed by atoms with van der Waals surface area (Å²) in [5.41, 5.74) is 0.701. The number of benzene rings is 1. The maximum absolute atomic E-state index is 12.3. The zero-order valence-electron chi connectivity index (χ0n) is 14.3. The molecule has 0 aliphatic rings. The van der Waals surface area contributed by atoms with Crippen molar-refractivity contribution < 1.29 is 19.1 Å². The lowest BCUT2D eigenvalue weighted by Crippen LogP contribution is -2.37. The minimum absolute atomic E-state index is 0.131. The third-order valence-corrected chi connectivity index (χ3v) is 5.32. The average Bonchev–Trinajstić information content (AvgIpc) is 3.04. The van der Waals surface area contributed by atoms with E-state index < -0.39 is 18.0 Å². The molecule has 2 aromatic rings. The number of Topliss-reactive ketones (excluding diaryl/α,β-unsaturated/α-hetero) is 1. The quantitative estimate of drug-likeness (QED) is 0.550. The molecule has 0 aliphatic heterocycles. The van der Waals surface area contributed by atoms with Crippen molar-refractivity contribution in [2.45, 2.75) is 32.9 Å². The molecule has 5 nitrogen and oxygen atoms in total. The second-order valence-corrected chi connectivity index (χ2v) is 7.59. The monoisotopic (exact) mass is 413 g/mol. The number of ketones is 1. The van der Waals surface area contributed by atoms with Crippen molar-refractivity contribution in [2.75, 3.05) is 0 Å². The Balaban J connectivity index is 1.97. The van der Waals surface area contributed by atoms with Gasteiger partial charge in [-0.15, -0.1) is 11.3 Å². The summed E-state index contributed by atoms with van der Waals surface area (Å²) in [5.74, 6) is -1.24. The van der Waals surface area contributed by atoms with Crippen LogP contribution in [0.4, 0.5) is 0 Å². The molecule has 8 heteroatoms. The second-order valence-electron chi connectivity index (χ2n) is 5.66. The number of hydrogen-bond donors (Lipinski definition) is 1. The first-order valence-corrected chi connectivity index (χ1v) is 9.33. The number of carbonyl (C=O) groups excluding carboxylic acids is 3. The molecule has 1 aromatic carbocycles. The van der Waals surface area contributed by atoms with Gasteiger partial charge < -0.3 is 10.1 Å². The lowest BCUT2D eigenvalue weighted by molar-refractivity contribution is -0.129. The van der Waals surface area contributed by atoms with E-state index in [9.17, 15) is 14.4 Å². The summed E-state index contributed by atoms with van der Waals surface area (Å²) in [6.07, 6.45) is -1.00. The molecule has 2 rings (SSSR count). The Bertz CT molecular complexity index is 849. The van der Waals surface area contributed by atoms with E-state index in [1.807, 2.05) is 0 Å². The van der Waals surface area contributed by atoms with Gasteiger partial charge in [0.2, 0.25) is 0 Å². The van der Waals surface area contributed by atoms with Crippen LogP contribution < -0.4 is 5.32 Å². The van der Waals surface area contributed by atoms with Gasteiger partial charge in [-0.05, 0) is 50.6 Å². The third-order valence-electron chi connectivity index (χ3n) is 3.59. The van der Waals surface area contributed by atoms with Gasteiger partial charge in [-0.3, -0.25) is 9.59 Å². The molecule has 0 saturated heterocycles. The molecule has 0 saturated carbocycles. The van der Waals surface area contributed by atoms with Crippen molar-refractivity contribution in [2.24, 2.45) is 0 Å². The normalized spacial score (nSPS) is 13.0. The molecule has 1 amide bonds. The standard InChI is InChI=1S/C18H17Cl2NO4S/c1-9(13-5-4-12(19)8-14(13)20)21-17(23)11(3)25-18(24)16-7-6-15(26-16)10(2)22/h4-9,11H,1-3H3,(H,21,23). The van der Waals surface area contributed by atoms with Gasteiger partial charge in [0, 0.05) is 10.0 Å². The predicted octanol–water partition coefficient (Wildman–Crippen LogP) is 4.68. The molecule has 0 bridgehead atoms. The van der Waals surface area contributed by atoms with Gasteiger partial charge in [0.05, 0.1) is 10.9 Å². The SMILES string of the molecule is CC(=O)c1ccc(C(=O)OC(C)C(=O)NC(C)c2ccc(Cl)cc2Cl)s1. The number of amides is 1. The highest BCUT2D eigenvalue weighted by Gasteiger charge is 2.22. The highest BCUT2D eigenvalue weighted by atomic mass is 35.5. The Morgan fingerprint density at radius 3 is 2.31 bits per heavy atom. The van der Waals surface area contributed by atoms with Crippen molar-refractivity contribution in [3.05, 3.63) is 55.7 Å². The lowest BCUT2D eigenvalue weighted by Gasteiger charge is -2.19. The van der Waals surface area contributed by atoms with Crippen LogP contribution in [0.15, 0.2) is 30.3 Å². The molecule has 0 aliphatic carbocycles. The van der Waals surface area contributed by atoms with Crippen LogP contribution in [0.2, 0.25) is 10.0 Å². The van der Waals surface area contributed by atoms with Gasteiger partial charge in [0.25, 0.3) is 5.91 Å². The number of rotatable bonds is 6. The number of carbonyl (C=O) groups is 3. The van der Waals surface area contributed by atoms with Gasteiger partial charge in [0.15, 0.2) is 11.9 Å². The molecule has 2 unspecified atom stereocenters. The molecule has 1 N–H and O–H groups in total. The maximum Gasteiger partial charge on any atom is 0.349 e. The van der Waals surface area contributed by atoms with Gasteiger partial charge >= 0.3 is 5.97 Å². The fraction of sp³-hybridized carbons (Fsp3) is 0.278. The molecule has 138 valence electrons. The largest absolute Gasteiger partial charge is 0.448 e. The molecule has 26 heavy (non-hydrogen) atoms. The molecule has 0 radical (unpaired) electrons. The smallest absolute Gasteiger partial charge is 0.349 e. The number of ether oxygens (including phenoxy) is 1. The van der Waals surface area contributed by atoms with E-state index in [1.165, 1.54) is 19.9 Å². The van der Waals surface area contributed by atoms with Gasteiger partial charge in [-0.1, -0.05) is 29.3 Å². The van der Waals surface area contributed by atoms with Crippen LogP contribution in [0, 0.1) is 0 Å². The zero-order valence-corrected chi connectivity index (χ0v) is 16.7. The Morgan fingerprint density at radius 1 is 1.08 bits per heavy atom. The van der Waals surface area contributed by atoms with Crippen LogP contribution >= 0.6 is 34.5 Å². The summed E-state index contributed by atoms with van der Waals surface area (Å²) in [6, 6.07) is 7.66. The first kappa shape index (κ1) is 20.4. The summed E-state index contributed by atoms with van der Waals surface area (Å²) >= 11 is 13.0. The van der Waals surface area contributed by atoms with E-state index in [1.54, 1.807) is 31.2 Å². The topological polar surface area (TPSA) is 72.5 Å². The van der Waals surface area contributed by atoms with Crippen molar-refractivity contribution in [1.82, 2.24) is 5.32 Å². The summed E-state index contributed by atoms with van der Waals surface area (Å²) in [5, 5.41) is 3.68. The van der Waals surface area contributed by atoms with Gasteiger partial charge in [-0.2, -0.15) is 0 Å². The summed E-state index contributed by atoms with van der Waals surface area (Å²) in [4.78, 5) is 36.4.